The van der Waals surface area contributed by atoms with Crippen LogP contribution in [-0.2, 0) is 15.8 Å². The average molecular weight is 396 g/mol. The quantitative estimate of drug-likeness (QED) is 0.772. The van der Waals surface area contributed by atoms with E-state index in [1.807, 2.05) is 48.5 Å². The van der Waals surface area contributed by atoms with Gasteiger partial charge >= 0.3 is 0 Å². The maximum Gasteiger partial charge on any atom is 0.218 e. The molecule has 0 bridgehead atoms. The van der Waals surface area contributed by atoms with Crippen molar-refractivity contribution in [2.24, 2.45) is 0 Å². The van der Waals surface area contributed by atoms with Gasteiger partial charge in [-0.1, -0.05) is 54.1 Å². The second-order valence-electron chi connectivity index (χ2n) is 6.42. The Morgan fingerprint density at radius 1 is 1.00 bits per heavy atom. The third kappa shape index (κ3) is 5.20. The molecule has 0 spiro atoms. The molecule has 140 valence electrons. The van der Waals surface area contributed by atoms with Gasteiger partial charge in [0.2, 0.25) is 10.0 Å². The number of sulfonamides is 1. The predicted octanol–water partition coefficient (Wildman–Crippen LogP) is 1.45. The number of halogens is 1. The number of nitrogens with zero attached hydrogens (tertiary/aromatic N) is 1. The zero-order chi connectivity index (χ0) is 18.4. The molecular weight excluding hydrogens is 372 g/mol. The molecule has 5 nitrogen and oxygen atoms in total. The molecule has 0 aliphatic carbocycles. The van der Waals surface area contributed by atoms with Crippen LogP contribution in [0.2, 0.25) is 5.02 Å². The molecule has 0 amide bonds. The lowest BCUT2D eigenvalue weighted by atomic mass is 10.2. The summed E-state index contributed by atoms with van der Waals surface area (Å²) in [5, 5.41) is 0.610. The Balaban J connectivity index is 1.44. The lowest BCUT2D eigenvalue weighted by Gasteiger charge is -2.31. The number of para-hydroxylation sites is 1. The summed E-state index contributed by atoms with van der Waals surface area (Å²) in [6.07, 6.45) is 0. The molecular formula is C19H24ClN2O3S+. The van der Waals surface area contributed by atoms with E-state index in [1.165, 1.54) is 4.90 Å². The van der Waals surface area contributed by atoms with Gasteiger partial charge in [0.25, 0.3) is 0 Å². The van der Waals surface area contributed by atoms with Crippen LogP contribution in [0.4, 0.5) is 0 Å². The third-order valence-corrected chi connectivity index (χ3v) is 6.73. The first-order valence-electron chi connectivity index (χ1n) is 8.77. The van der Waals surface area contributed by atoms with E-state index in [0.29, 0.717) is 30.5 Å². The van der Waals surface area contributed by atoms with E-state index in [2.05, 4.69) is 0 Å². The first-order valence-corrected chi connectivity index (χ1v) is 10.8. The predicted molar refractivity (Wildman–Crippen MR) is 103 cm³/mol. The van der Waals surface area contributed by atoms with Crippen molar-refractivity contribution in [1.29, 1.82) is 0 Å². The van der Waals surface area contributed by atoms with Crippen LogP contribution >= 0.6 is 11.6 Å². The minimum absolute atomic E-state index is 0.0682. The van der Waals surface area contributed by atoms with Crippen LogP contribution in [-0.4, -0.2) is 52.1 Å². The number of ether oxygens (including phenoxy) is 1. The van der Waals surface area contributed by atoms with Crippen LogP contribution in [0, 0.1) is 0 Å². The number of benzene rings is 2. The Labute approximate surface area is 160 Å². The van der Waals surface area contributed by atoms with E-state index < -0.39 is 10.0 Å². The van der Waals surface area contributed by atoms with E-state index in [9.17, 15) is 8.42 Å². The molecule has 0 aromatic heterocycles. The molecule has 1 N–H and O–H groups in total. The van der Waals surface area contributed by atoms with Crippen LogP contribution in [0.15, 0.2) is 54.6 Å². The van der Waals surface area contributed by atoms with Crippen LogP contribution in [0.25, 0.3) is 0 Å². The van der Waals surface area contributed by atoms with Gasteiger partial charge in [0.15, 0.2) is 0 Å². The molecule has 7 heteroatoms. The highest BCUT2D eigenvalue weighted by atomic mass is 35.5. The summed E-state index contributed by atoms with van der Waals surface area (Å²) in [5.74, 6) is 0.761. The van der Waals surface area contributed by atoms with Gasteiger partial charge in [-0.3, -0.25) is 0 Å². The number of nitrogens with one attached hydrogen (secondary N) is 1. The Hall–Kier alpha value is -1.60. The highest BCUT2D eigenvalue weighted by molar-refractivity contribution is 7.88. The van der Waals surface area contributed by atoms with Crippen molar-refractivity contribution >= 4 is 21.6 Å². The standard InChI is InChI=1S/C19H23ClN2O3S/c20-18-8-4-5-9-19(18)25-15-14-21-10-12-22(13-11-21)26(23,24)16-17-6-2-1-3-7-17/h1-9H,10-16H2/p+1. The fourth-order valence-corrected chi connectivity index (χ4v) is 4.80. The van der Waals surface area contributed by atoms with E-state index in [0.717, 1.165) is 25.2 Å². The van der Waals surface area contributed by atoms with Gasteiger partial charge in [-0.15, -0.1) is 0 Å². The molecule has 1 fully saturated rings. The minimum atomic E-state index is -3.26. The Kier molecular flexibility index (Phi) is 6.53. The lowest BCUT2D eigenvalue weighted by molar-refractivity contribution is -0.903. The Bertz CT molecular complexity index is 807. The molecule has 0 unspecified atom stereocenters. The molecule has 2 aromatic rings. The van der Waals surface area contributed by atoms with E-state index >= 15 is 0 Å². The summed E-state index contributed by atoms with van der Waals surface area (Å²) in [6.45, 7) is 4.08. The summed E-state index contributed by atoms with van der Waals surface area (Å²) in [4.78, 5) is 1.35. The first kappa shape index (κ1) is 19.2. The zero-order valence-electron chi connectivity index (χ0n) is 14.6. The SMILES string of the molecule is O=S(=O)(Cc1ccccc1)N1CC[NH+](CCOc2ccccc2Cl)CC1. The van der Waals surface area contributed by atoms with Gasteiger partial charge in [0, 0.05) is 0 Å². The number of piperazine rings is 1. The second kappa shape index (κ2) is 8.86. The highest BCUT2D eigenvalue weighted by Gasteiger charge is 2.29. The normalized spacial score (nSPS) is 16.5. The number of rotatable bonds is 7. The fraction of sp³-hybridized carbons (Fsp3) is 0.368. The van der Waals surface area contributed by atoms with Crippen LogP contribution in [0.5, 0.6) is 5.75 Å². The molecule has 3 rings (SSSR count). The van der Waals surface area contributed by atoms with Crippen molar-refractivity contribution in [2.75, 3.05) is 39.3 Å². The molecule has 1 aliphatic rings. The third-order valence-electron chi connectivity index (χ3n) is 4.56. The van der Waals surface area contributed by atoms with E-state index in [-0.39, 0.29) is 5.75 Å². The van der Waals surface area contributed by atoms with Crippen molar-refractivity contribution in [3.8, 4) is 5.75 Å². The van der Waals surface area contributed by atoms with Crippen molar-refractivity contribution in [1.82, 2.24) is 4.31 Å². The summed E-state index contributed by atoms with van der Waals surface area (Å²) >= 11 is 6.08. The van der Waals surface area contributed by atoms with Crippen LogP contribution < -0.4 is 9.64 Å². The molecule has 0 radical (unpaired) electrons. The molecule has 0 atom stereocenters. The first-order chi connectivity index (χ1) is 12.5. The zero-order valence-corrected chi connectivity index (χ0v) is 16.2. The molecule has 1 aliphatic heterocycles. The topological polar surface area (TPSA) is 51.0 Å². The van der Waals surface area contributed by atoms with E-state index in [1.54, 1.807) is 10.4 Å². The van der Waals surface area contributed by atoms with Crippen LogP contribution in [0.1, 0.15) is 5.56 Å². The van der Waals surface area contributed by atoms with Crippen LogP contribution in [0.3, 0.4) is 0 Å². The molecule has 0 saturated carbocycles. The number of quaternary nitrogens is 1. The molecule has 1 saturated heterocycles. The smallest absolute Gasteiger partial charge is 0.218 e. The van der Waals surface area contributed by atoms with Gasteiger partial charge in [-0.25, -0.2) is 8.42 Å². The summed E-state index contributed by atoms with van der Waals surface area (Å²) in [7, 11) is -3.26. The highest BCUT2D eigenvalue weighted by Crippen LogP contribution is 2.22. The van der Waals surface area contributed by atoms with Crippen molar-refractivity contribution in [3.63, 3.8) is 0 Å². The monoisotopic (exact) mass is 395 g/mol. The van der Waals surface area contributed by atoms with Gasteiger partial charge in [-0.2, -0.15) is 4.31 Å². The van der Waals surface area contributed by atoms with E-state index in [4.69, 9.17) is 16.3 Å². The van der Waals surface area contributed by atoms with Gasteiger partial charge in [0.1, 0.15) is 18.9 Å². The second-order valence-corrected chi connectivity index (χ2v) is 8.80. The summed E-state index contributed by atoms with van der Waals surface area (Å²) in [6, 6.07) is 16.8. The largest absolute Gasteiger partial charge is 0.486 e. The molecule has 2 aromatic carbocycles. The maximum atomic E-state index is 12.6. The fourth-order valence-electron chi connectivity index (χ4n) is 3.07. The van der Waals surface area contributed by atoms with Gasteiger partial charge in [0.05, 0.1) is 37.0 Å². The average Bonchev–Trinajstić information content (AvgIpc) is 2.64. The lowest BCUT2D eigenvalue weighted by Crippen LogP contribution is -3.15. The van der Waals surface area contributed by atoms with Crippen molar-refractivity contribution in [2.45, 2.75) is 5.75 Å². The Morgan fingerprint density at radius 3 is 2.35 bits per heavy atom. The van der Waals surface area contributed by atoms with Crippen molar-refractivity contribution < 1.29 is 18.1 Å². The maximum absolute atomic E-state index is 12.6. The minimum Gasteiger partial charge on any atom is -0.486 e. The van der Waals surface area contributed by atoms with Gasteiger partial charge < -0.3 is 9.64 Å². The summed E-state index contributed by atoms with van der Waals surface area (Å²) < 4.78 is 32.5. The molecule has 1 heterocycles. The molecule has 26 heavy (non-hydrogen) atoms. The van der Waals surface area contributed by atoms with Gasteiger partial charge in [-0.05, 0) is 17.7 Å². The Morgan fingerprint density at radius 2 is 1.65 bits per heavy atom. The number of hydrogen-bond donors (Lipinski definition) is 1. The number of hydrogen-bond acceptors (Lipinski definition) is 3. The van der Waals surface area contributed by atoms with Crippen molar-refractivity contribution in [3.05, 3.63) is 65.2 Å². The summed E-state index contributed by atoms with van der Waals surface area (Å²) in [5.41, 5.74) is 0.829.